The number of carbonyl (C=O) groups excluding carboxylic acids is 1. The van der Waals surface area contributed by atoms with E-state index in [1.54, 1.807) is 0 Å². The van der Waals surface area contributed by atoms with Crippen LogP contribution in [-0.4, -0.2) is 45.1 Å². The molecule has 0 aliphatic carbocycles. The van der Waals surface area contributed by atoms with Crippen molar-refractivity contribution in [1.29, 1.82) is 0 Å². The Morgan fingerprint density at radius 3 is 2.73 bits per heavy atom. The third-order valence-electron chi connectivity index (χ3n) is 3.70. The van der Waals surface area contributed by atoms with Crippen molar-refractivity contribution in [2.75, 3.05) is 24.7 Å². The van der Waals surface area contributed by atoms with E-state index in [-0.39, 0.29) is 30.6 Å². The zero-order valence-corrected chi connectivity index (χ0v) is 13.7. The van der Waals surface area contributed by atoms with Gasteiger partial charge in [0.2, 0.25) is 5.91 Å². The van der Waals surface area contributed by atoms with Crippen molar-refractivity contribution in [3.63, 3.8) is 0 Å². The van der Waals surface area contributed by atoms with Crippen LogP contribution in [0.25, 0.3) is 0 Å². The van der Waals surface area contributed by atoms with E-state index < -0.39 is 15.9 Å². The van der Waals surface area contributed by atoms with Gasteiger partial charge >= 0.3 is 0 Å². The number of rotatable bonds is 6. The van der Waals surface area contributed by atoms with E-state index in [0.29, 0.717) is 6.42 Å². The Morgan fingerprint density at radius 2 is 2.05 bits per heavy atom. The van der Waals surface area contributed by atoms with E-state index >= 15 is 0 Å². The van der Waals surface area contributed by atoms with Gasteiger partial charge in [-0.15, -0.1) is 0 Å². The molecule has 0 bridgehead atoms. The quantitative estimate of drug-likeness (QED) is 0.854. The summed E-state index contributed by atoms with van der Waals surface area (Å²) in [6.45, 7) is 2.53. The normalized spacial score (nSPS) is 20.5. The third kappa shape index (κ3) is 5.77. The summed E-state index contributed by atoms with van der Waals surface area (Å²) < 4.78 is 28.3. The number of benzene rings is 1. The van der Waals surface area contributed by atoms with Crippen LogP contribution in [0.3, 0.4) is 0 Å². The van der Waals surface area contributed by atoms with Crippen LogP contribution in [0.15, 0.2) is 24.3 Å². The molecule has 1 heterocycles. The number of aryl methyl sites for hydroxylation is 2. The first kappa shape index (κ1) is 17.0. The lowest BCUT2D eigenvalue weighted by molar-refractivity contribution is -0.121. The fraction of sp³-hybridized carbons (Fsp3) is 0.562. The van der Waals surface area contributed by atoms with Crippen LogP contribution in [0.1, 0.15) is 24.0 Å². The molecule has 1 aliphatic rings. The van der Waals surface area contributed by atoms with Crippen molar-refractivity contribution in [3.05, 3.63) is 35.4 Å². The van der Waals surface area contributed by atoms with E-state index in [2.05, 4.69) is 29.6 Å². The van der Waals surface area contributed by atoms with Gasteiger partial charge < -0.3 is 10.1 Å². The van der Waals surface area contributed by atoms with Crippen molar-refractivity contribution in [3.8, 4) is 0 Å². The van der Waals surface area contributed by atoms with Gasteiger partial charge in [-0.05, 0) is 25.3 Å². The molecule has 1 N–H and O–H groups in total. The highest BCUT2D eigenvalue weighted by atomic mass is 32.2. The molecule has 0 unspecified atom stereocenters. The number of sulfone groups is 1. The van der Waals surface area contributed by atoms with Gasteiger partial charge in [-0.25, -0.2) is 8.42 Å². The maximum atomic E-state index is 11.8. The summed E-state index contributed by atoms with van der Waals surface area (Å²) in [4.78, 5) is 11.8. The fourth-order valence-electron chi connectivity index (χ4n) is 2.40. The molecule has 6 heteroatoms. The Hall–Kier alpha value is -1.40. The summed E-state index contributed by atoms with van der Waals surface area (Å²) in [7, 11) is -3.01. The highest BCUT2D eigenvalue weighted by Crippen LogP contribution is 2.08. The van der Waals surface area contributed by atoms with Gasteiger partial charge in [0, 0.05) is 13.0 Å². The van der Waals surface area contributed by atoms with Gasteiger partial charge in [-0.1, -0.05) is 29.8 Å². The van der Waals surface area contributed by atoms with Crippen molar-refractivity contribution < 1.29 is 17.9 Å². The highest BCUT2D eigenvalue weighted by Gasteiger charge is 2.25. The molecule has 0 radical (unpaired) electrons. The third-order valence-corrected chi connectivity index (χ3v) is 5.37. The lowest BCUT2D eigenvalue weighted by atomic mass is 10.1. The van der Waals surface area contributed by atoms with Crippen molar-refractivity contribution in [1.82, 2.24) is 5.32 Å². The molecule has 1 aromatic rings. The first-order valence-corrected chi connectivity index (χ1v) is 9.41. The van der Waals surface area contributed by atoms with Gasteiger partial charge in [0.25, 0.3) is 0 Å². The predicted molar refractivity (Wildman–Crippen MR) is 85.5 cm³/mol. The number of carbonyl (C=O) groups is 1. The van der Waals surface area contributed by atoms with E-state index in [9.17, 15) is 13.2 Å². The SMILES string of the molecule is Cc1ccc(CCCC(=O)NC[C@@H]2CS(=O)(=O)CCO2)cc1. The van der Waals surface area contributed by atoms with Crippen LogP contribution in [-0.2, 0) is 25.8 Å². The van der Waals surface area contributed by atoms with E-state index in [1.807, 2.05) is 6.92 Å². The van der Waals surface area contributed by atoms with Crippen molar-refractivity contribution in [2.45, 2.75) is 32.3 Å². The summed E-state index contributed by atoms with van der Waals surface area (Å²) in [5.41, 5.74) is 2.45. The van der Waals surface area contributed by atoms with Gasteiger partial charge in [-0.2, -0.15) is 0 Å². The molecule has 0 spiro atoms. The number of nitrogens with one attached hydrogen (secondary N) is 1. The standard InChI is InChI=1S/C16H23NO4S/c1-13-5-7-14(8-6-13)3-2-4-16(18)17-11-15-12-22(19,20)10-9-21-15/h5-8,15H,2-4,9-12H2,1H3,(H,17,18)/t15-/m1/s1. The Labute approximate surface area is 132 Å². The smallest absolute Gasteiger partial charge is 0.220 e. The second-order valence-electron chi connectivity index (χ2n) is 5.75. The fourth-order valence-corrected chi connectivity index (χ4v) is 3.70. The predicted octanol–water partition coefficient (Wildman–Crippen LogP) is 1.25. The maximum absolute atomic E-state index is 11.8. The van der Waals surface area contributed by atoms with Crippen LogP contribution in [0.5, 0.6) is 0 Å². The minimum absolute atomic E-state index is 0.00333. The van der Waals surface area contributed by atoms with E-state index in [4.69, 9.17) is 4.74 Å². The second kappa shape index (κ2) is 7.74. The second-order valence-corrected chi connectivity index (χ2v) is 7.98. The number of hydrogen-bond donors (Lipinski definition) is 1. The topological polar surface area (TPSA) is 72.5 Å². The van der Waals surface area contributed by atoms with Crippen molar-refractivity contribution in [2.24, 2.45) is 0 Å². The van der Waals surface area contributed by atoms with Crippen LogP contribution in [0.4, 0.5) is 0 Å². The largest absolute Gasteiger partial charge is 0.374 e. The first-order valence-electron chi connectivity index (χ1n) is 7.59. The molecule has 1 fully saturated rings. The minimum Gasteiger partial charge on any atom is -0.374 e. The maximum Gasteiger partial charge on any atom is 0.220 e. The molecule has 1 saturated heterocycles. The Balaban J connectivity index is 1.64. The summed E-state index contributed by atoms with van der Waals surface area (Å²) in [5.74, 6) is 0.0173. The average molecular weight is 325 g/mol. The molecule has 1 aromatic carbocycles. The molecule has 1 atom stereocenters. The van der Waals surface area contributed by atoms with Gasteiger partial charge in [0.05, 0.1) is 24.2 Å². The Bertz CT molecular complexity index is 595. The molecule has 1 amide bonds. The number of hydrogen-bond acceptors (Lipinski definition) is 4. The van der Waals surface area contributed by atoms with Crippen LogP contribution < -0.4 is 5.32 Å². The number of ether oxygens (including phenoxy) is 1. The van der Waals surface area contributed by atoms with Crippen molar-refractivity contribution >= 4 is 15.7 Å². The summed E-state index contributed by atoms with van der Waals surface area (Å²) in [6.07, 6.45) is 1.66. The lowest BCUT2D eigenvalue weighted by Gasteiger charge is -2.22. The first-order chi connectivity index (χ1) is 10.4. The molecule has 22 heavy (non-hydrogen) atoms. The van der Waals surface area contributed by atoms with Gasteiger partial charge in [-0.3, -0.25) is 4.79 Å². The molecule has 5 nitrogen and oxygen atoms in total. The van der Waals surface area contributed by atoms with Gasteiger partial charge in [0.15, 0.2) is 9.84 Å². The van der Waals surface area contributed by atoms with Gasteiger partial charge in [0.1, 0.15) is 0 Å². The molecule has 2 rings (SSSR count). The Kier molecular flexibility index (Phi) is 5.97. The molecule has 1 aliphatic heterocycles. The average Bonchev–Trinajstić information content (AvgIpc) is 2.46. The highest BCUT2D eigenvalue weighted by molar-refractivity contribution is 7.91. The summed E-state index contributed by atoms with van der Waals surface area (Å²) in [6, 6.07) is 8.29. The summed E-state index contributed by atoms with van der Waals surface area (Å²) >= 11 is 0. The minimum atomic E-state index is -3.01. The van der Waals surface area contributed by atoms with Crippen LogP contribution >= 0.6 is 0 Å². The monoisotopic (exact) mass is 325 g/mol. The molecule has 122 valence electrons. The number of amides is 1. The van der Waals surface area contributed by atoms with Crippen LogP contribution in [0.2, 0.25) is 0 Å². The van der Waals surface area contributed by atoms with E-state index in [0.717, 1.165) is 12.8 Å². The zero-order valence-electron chi connectivity index (χ0n) is 12.9. The van der Waals surface area contributed by atoms with E-state index in [1.165, 1.54) is 11.1 Å². The molecule has 0 aromatic heterocycles. The molecule has 0 saturated carbocycles. The lowest BCUT2D eigenvalue weighted by Crippen LogP contribution is -2.42. The summed E-state index contributed by atoms with van der Waals surface area (Å²) in [5, 5.41) is 2.76. The Morgan fingerprint density at radius 1 is 1.32 bits per heavy atom. The van der Waals surface area contributed by atoms with Crippen LogP contribution in [0, 0.1) is 6.92 Å². The molecular formula is C16H23NO4S. The molecular weight excluding hydrogens is 302 g/mol. The zero-order chi connectivity index (χ0) is 16.0.